The van der Waals surface area contributed by atoms with E-state index in [1.54, 1.807) is 13.1 Å². The highest BCUT2D eigenvalue weighted by molar-refractivity contribution is 5.78. The zero-order chi connectivity index (χ0) is 13.2. The normalized spacial score (nSPS) is 10.8. The average molecular weight is 252 g/mol. The first-order valence-electron chi connectivity index (χ1n) is 6.03. The maximum absolute atomic E-state index is 11.0. The summed E-state index contributed by atoms with van der Waals surface area (Å²) in [6.45, 7) is 1.55. The molecule has 0 unspecified atom stereocenters. The van der Waals surface area contributed by atoms with Crippen LogP contribution in [0.1, 0.15) is 12.6 Å². The van der Waals surface area contributed by atoms with E-state index in [1.807, 2.05) is 36.4 Å². The summed E-state index contributed by atoms with van der Waals surface area (Å²) < 4.78 is 5.66. The predicted molar refractivity (Wildman–Crippen MR) is 71.6 cm³/mol. The molecule has 2 heterocycles. The second-order valence-corrected chi connectivity index (χ2v) is 4.40. The number of hydrogen-bond acceptors (Lipinski definition) is 4. The quantitative estimate of drug-likeness (QED) is 0.719. The van der Waals surface area contributed by atoms with Crippen molar-refractivity contribution in [2.75, 3.05) is 0 Å². The Morgan fingerprint density at radius 2 is 2.05 bits per heavy atom. The smallest absolute Gasteiger partial charge is 0.228 e. The lowest BCUT2D eigenvalue weighted by Crippen LogP contribution is -1.98. The van der Waals surface area contributed by atoms with E-state index in [0.29, 0.717) is 12.3 Å². The van der Waals surface area contributed by atoms with E-state index >= 15 is 0 Å². The average Bonchev–Trinajstić information content (AvgIpc) is 2.82. The lowest BCUT2D eigenvalue weighted by Gasteiger charge is -1.98. The van der Waals surface area contributed by atoms with Gasteiger partial charge in [0.2, 0.25) is 5.89 Å². The molecule has 0 aliphatic rings. The van der Waals surface area contributed by atoms with Crippen molar-refractivity contribution in [3.05, 3.63) is 48.3 Å². The first-order valence-corrected chi connectivity index (χ1v) is 6.03. The van der Waals surface area contributed by atoms with Crippen LogP contribution in [-0.4, -0.2) is 15.8 Å². The number of ketones is 1. The summed E-state index contributed by atoms with van der Waals surface area (Å²) in [5.41, 5.74) is 3.14. The van der Waals surface area contributed by atoms with Gasteiger partial charge in [0.05, 0.1) is 5.56 Å². The predicted octanol–water partition coefficient (Wildman–Crippen LogP) is 3.02. The molecule has 4 nitrogen and oxygen atoms in total. The highest BCUT2D eigenvalue weighted by atomic mass is 16.3. The minimum absolute atomic E-state index is 0.0992. The third kappa shape index (κ3) is 2.38. The molecular formula is C15H12N2O2. The molecule has 1 aromatic carbocycles. The van der Waals surface area contributed by atoms with Gasteiger partial charge >= 0.3 is 0 Å². The Morgan fingerprint density at radius 3 is 2.74 bits per heavy atom. The molecule has 0 atom stereocenters. The van der Waals surface area contributed by atoms with Gasteiger partial charge in [-0.1, -0.05) is 12.1 Å². The lowest BCUT2D eigenvalue weighted by atomic mass is 10.2. The van der Waals surface area contributed by atoms with Gasteiger partial charge < -0.3 is 4.42 Å². The van der Waals surface area contributed by atoms with Gasteiger partial charge in [0.1, 0.15) is 11.3 Å². The number of pyridine rings is 1. The minimum Gasteiger partial charge on any atom is -0.436 e. The van der Waals surface area contributed by atoms with Crippen molar-refractivity contribution < 1.29 is 9.21 Å². The number of para-hydroxylation sites is 2. The van der Waals surface area contributed by atoms with Gasteiger partial charge in [-0.05, 0) is 31.2 Å². The van der Waals surface area contributed by atoms with Gasteiger partial charge in [-0.25, -0.2) is 4.98 Å². The second-order valence-electron chi connectivity index (χ2n) is 4.40. The number of carbonyl (C=O) groups is 1. The van der Waals surface area contributed by atoms with Crippen LogP contribution in [0.3, 0.4) is 0 Å². The Bertz CT molecular complexity index is 696. The van der Waals surface area contributed by atoms with Crippen LogP contribution in [-0.2, 0) is 11.2 Å². The van der Waals surface area contributed by atoms with E-state index in [-0.39, 0.29) is 5.78 Å². The molecule has 0 bridgehead atoms. The molecule has 3 aromatic rings. The van der Waals surface area contributed by atoms with E-state index in [0.717, 1.165) is 22.4 Å². The summed E-state index contributed by atoms with van der Waals surface area (Å²) in [5, 5.41) is 0. The van der Waals surface area contributed by atoms with Crippen molar-refractivity contribution in [1.29, 1.82) is 0 Å². The van der Waals surface area contributed by atoms with Crippen molar-refractivity contribution in [2.45, 2.75) is 13.3 Å². The number of carbonyl (C=O) groups excluding carboxylic acids is 1. The fraction of sp³-hybridized carbons (Fsp3) is 0.133. The Hall–Kier alpha value is -2.49. The summed E-state index contributed by atoms with van der Waals surface area (Å²) in [6.07, 6.45) is 2.04. The molecular weight excluding hydrogens is 240 g/mol. The summed E-state index contributed by atoms with van der Waals surface area (Å²) in [7, 11) is 0. The first kappa shape index (κ1) is 11.6. The summed E-state index contributed by atoms with van der Waals surface area (Å²) in [4.78, 5) is 19.7. The Morgan fingerprint density at radius 1 is 1.21 bits per heavy atom. The molecule has 0 amide bonds. The fourth-order valence-electron chi connectivity index (χ4n) is 1.91. The number of benzene rings is 1. The molecule has 0 saturated heterocycles. The van der Waals surface area contributed by atoms with Crippen molar-refractivity contribution in [3.8, 4) is 11.5 Å². The van der Waals surface area contributed by atoms with Crippen LogP contribution in [0.5, 0.6) is 0 Å². The summed E-state index contributed by atoms with van der Waals surface area (Å²) in [5.74, 6) is 0.644. The van der Waals surface area contributed by atoms with Crippen molar-refractivity contribution >= 4 is 16.9 Å². The van der Waals surface area contributed by atoms with Crippen molar-refractivity contribution in [2.24, 2.45) is 0 Å². The zero-order valence-corrected chi connectivity index (χ0v) is 10.5. The van der Waals surface area contributed by atoms with Gasteiger partial charge in [-0.15, -0.1) is 0 Å². The van der Waals surface area contributed by atoms with Crippen LogP contribution in [0.25, 0.3) is 22.6 Å². The zero-order valence-electron chi connectivity index (χ0n) is 10.5. The summed E-state index contributed by atoms with van der Waals surface area (Å²) >= 11 is 0. The SMILES string of the molecule is CC(=O)Cc1ccc(-c2nc3ccccc3o2)cn1. The number of hydrogen-bond donors (Lipinski definition) is 0. The molecule has 0 aliphatic carbocycles. The van der Waals surface area contributed by atoms with E-state index < -0.39 is 0 Å². The van der Waals surface area contributed by atoms with Crippen LogP contribution in [0, 0.1) is 0 Å². The van der Waals surface area contributed by atoms with Gasteiger partial charge in [0.15, 0.2) is 5.58 Å². The van der Waals surface area contributed by atoms with Gasteiger partial charge in [0, 0.05) is 18.3 Å². The van der Waals surface area contributed by atoms with Crippen molar-refractivity contribution in [3.63, 3.8) is 0 Å². The number of oxazole rings is 1. The molecule has 0 saturated carbocycles. The number of fused-ring (bicyclic) bond motifs is 1. The monoisotopic (exact) mass is 252 g/mol. The number of aromatic nitrogens is 2. The molecule has 0 aliphatic heterocycles. The second kappa shape index (κ2) is 4.65. The standard InChI is InChI=1S/C15H12N2O2/c1-10(18)8-12-7-6-11(9-16-12)15-17-13-4-2-3-5-14(13)19-15/h2-7,9H,8H2,1H3. The van der Waals surface area contributed by atoms with E-state index in [1.165, 1.54) is 0 Å². The molecule has 4 heteroatoms. The van der Waals surface area contributed by atoms with Gasteiger partial charge in [0.25, 0.3) is 0 Å². The van der Waals surface area contributed by atoms with Crippen LogP contribution in [0.2, 0.25) is 0 Å². The lowest BCUT2D eigenvalue weighted by molar-refractivity contribution is -0.116. The number of nitrogens with zero attached hydrogens (tertiary/aromatic N) is 2. The van der Waals surface area contributed by atoms with Crippen LogP contribution in [0.4, 0.5) is 0 Å². The van der Waals surface area contributed by atoms with Crippen LogP contribution < -0.4 is 0 Å². The Kier molecular flexibility index (Phi) is 2.83. The Balaban J connectivity index is 1.95. The Labute approximate surface area is 110 Å². The number of rotatable bonds is 3. The largest absolute Gasteiger partial charge is 0.436 e. The molecule has 94 valence electrons. The third-order valence-corrected chi connectivity index (χ3v) is 2.80. The van der Waals surface area contributed by atoms with E-state index in [2.05, 4.69) is 9.97 Å². The molecule has 0 fully saturated rings. The maximum atomic E-state index is 11.0. The molecule has 3 rings (SSSR count). The van der Waals surface area contributed by atoms with Crippen molar-refractivity contribution in [1.82, 2.24) is 9.97 Å². The highest BCUT2D eigenvalue weighted by Gasteiger charge is 2.08. The maximum Gasteiger partial charge on any atom is 0.228 e. The molecule has 0 spiro atoms. The molecule has 0 N–H and O–H groups in total. The highest BCUT2D eigenvalue weighted by Crippen LogP contribution is 2.23. The topological polar surface area (TPSA) is 56.0 Å². The molecule has 19 heavy (non-hydrogen) atoms. The fourth-order valence-corrected chi connectivity index (χ4v) is 1.91. The summed E-state index contributed by atoms with van der Waals surface area (Å²) in [6, 6.07) is 11.3. The van der Waals surface area contributed by atoms with E-state index in [9.17, 15) is 4.79 Å². The molecule has 0 radical (unpaired) electrons. The minimum atomic E-state index is 0.0992. The van der Waals surface area contributed by atoms with Gasteiger partial charge in [-0.2, -0.15) is 0 Å². The van der Waals surface area contributed by atoms with Crippen LogP contribution >= 0.6 is 0 Å². The first-order chi connectivity index (χ1) is 9.22. The molecule has 2 aromatic heterocycles. The van der Waals surface area contributed by atoms with E-state index in [4.69, 9.17) is 4.42 Å². The third-order valence-electron chi connectivity index (χ3n) is 2.80. The number of Topliss-reactive ketones (excluding diaryl/α,β-unsaturated/α-hetero) is 1. The van der Waals surface area contributed by atoms with Gasteiger partial charge in [-0.3, -0.25) is 9.78 Å². The van der Waals surface area contributed by atoms with Crippen LogP contribution in [0.15, 0.2) is 47.0 Å².